The van der Waals surface area contributed by atoms with Crippen LogP contribution in [0.4, 0.5) is 0 Å². The van der Waals surface area contributed by atoms with Crippen LogP contribution in [0.25, 0.3) is 0 Å². The number of fused-ring (bicyclic) bond motifs is 1. The lowest BCUT2D eigenvalue weighted by Gasteiger charge is -2.26. The van der Waals surface area contributed by atoms with Crippen LogP contribution < -0.4 is 24.7 Å². The first-order valence-electron chi connectivity index (χ1n) is 10.6. The van der Waals surface area contributed by atoms with Gasteiger partial charge in [-0.05, 0) is 42.0 Å². The van der Waals surface area contributed by atoms with Crippen molar-refractivity contribution in [1.29, 1.82) is 5.26 Å². The van der Waals surface area contributed by atoms with Crippen LogP contribution in [0, 0.1) is 11.3 Å². The molecule has 8 heteroatoms. The van der Waals surface area contributed by atoms with Crippen molar-refractivity contribution in [2.75, 3.05) is 13.2 Å². The van der Waals surface area contributed by atoms with Crippen molar-refractivity contribution in [1.82, 2.24) is 0 Å². The molecule has 0 saturated carbocycles. The predicted molar refractivity (Wildman–Crippen MR) is 130 cm³/mol. The zero-order valence-electron chi connectivity index (χ0n) is 18.6. The lowest BCUT2D eigenvalue weighted by atomic mass is 9.83. The van der Waals surface area contributed by atoms with Gasteiger partial charge in [0.15, 0.2) is 6.61 Å². The van der Waals surface area contributed by atoms with Crippen LogP contribution in [0.3, 0.4) is 0 Å². The molecule has 176 valence electrons. The van der Waals surface area contributed by atoms with Gasteiger partial charge in [-0.15, -0.1) is 0 Å². The molecule has 2 N–H and O–H groups in total. The van der Waals surface area contributed by atoms with Gasteiger partial charge in [-0.1, -0.05) is 48.5 Å². The van der Waals surface area contributed by atoms with Crippen LogP contribution in [0.2, 0.25) is 5.02 Å². The molecule has 1 aliphatic rings. The Labute approximate surface area is 207 Å². The number of esters is 1. The van der Waals surface area contributed by atoms with E-state index >= 15 is 0 Å². The number of ether oxygens (including phenoxy) is 4. The summed E-state index contributed by atoms with van der Waals surface area (Å²) in [7, 11) is 0. The van der Waals surface area contributed by atoms with Crippen LogP contribution in [-0.2, 0) is 4.79 Å². The minimum atomic E-state index is -0.603. The predicted octanol–water partition coefficient (Wildman–Crippen LogP) is 5.11. The van der Waals surface area contributed by atoms with Crippen molar-refractivity contribution in [3.8, 4) is 29.1 Å². The molecule has 0 spiro atoms. The second-order valence-electron chi connectivity index (χ2n) is 7.51. The first kappa shape index (κ1) is 23.7. The van der Waals surface area contributed by atoms with E-state index < -0.39 is 11.9 Å². The summed E-state index contributed by atoms with van der Waals surface area (Å²) in [5.41, 5.74) is 7.90. The molecule has 1 aliphatic heterocycles. The molecule has 35 heavy (non-hydrogen) atoms. The van der Waals surface area contributed by atoms with Crippen LogP contribution in [-0.4, -0.2) is 19.2 Å². The van der Waals surface area contributed by atoms with Crippen molar-refractivity contribution < 1.29 is 23.7 Å². The first-order valence-corrected chi connectivity index (χ1v) is 11.0. The van der Waals surface area contributed by atoms with Gasteiger partial charge in [0.05, 0.1) is 5.92 Å². The quantitative estimate of drug-likeness (QED) is 0.267. The molecule has 1 heterocycles. The highest BCUT2D eigenvalue weighted by atomic mass is 35.5. The molecule has 0 radical (unpaired) electrons. The number of nitriles is 1. The Balaban J connectivity index is 1.53. The molecule has 3 aromatic rings. The van der Waals surface area contributed by atoms with E-state index in [1.54, 1.807) is 48.5 Å². The number of nitrogens with zero attached hydrogens (tertiary/aromatic N) is 1. The Bertz CT molecular complexity index is 1330. The summed E-state index contributed by atoms with van der Waals surface area (Å²) in [4.78, 5) is 12.3. The number of allylic oxidation sites excluding steroid dienone is 1. The highest BCUT2D eigenvalue weighted by Crippen LogP contribution is 2.43. The monoisotopic (exact) mass is 488 g/mol. The number of benzene rings is 3. The summed E-state index contributed by atoms with van der Waals surface area (Å²) in [6.45, 7) is 3.72. The third kappa shape index (κ3) is 5.57. The van der Waals surface area contributed by atoms with Crippen molar-refractivity contribution in [3.63, 3.8) is 0 Å². The van der Waals surface area contributed by atoms with Gasteiger partial charge in [0.1, 0.15) is 41.2 Å². The van der Waals surface area contributed by atoms with E-state index in [0.29, 0.717) is 34.4 Å². The Hall–Kier alpha value is -4.41. The van der Waals surface area contributed by atoms with Gasteiger partial charge in [-0.2, -0.15) is 5.26 Å². The van der Waals surface area contributed by atoms with Crippen LogP contribution >= 0.6 is 11.6 Å². The molecule has 0 bridgehead atoms. The zero-order chi connectivity index (χ0) is 24.8. The second kappa shape index (κ2) is 10.7. The minimum absolute atomic E-state index is 0.00949. The summed E-state index contributed by atoms with van der Waals surface area (Å²) in [6.07, 6.45) is 1.66. The van der Waals surface area contributed by atoms with Crippen LogP contribution in [0.1, 0.15) is 17.0 Å². The van der Waals surface area contributed by atoms with E-state index in [2.05, 4.69) is 12.6 Å². The number of halogens is 1. The number of carbonyl (C=O) groups excluding carboxylic acids is 1. The minimum Gasteiger partial charge on any atom is -0.490 e. The lowest BCUT2D eigenvalue weighted by Crippen LogP contribution is -2.21. The Morgan fingerprint density at radius 2 is 1.86 bits per heavy atom. The maximum Gasteiger partial charge on any atom is 0.349 e. The third-order valence-electron chi connectivity index (χ3n) is 5.16. The summed E-state index contributed by atoms with van der Waals surface area (Å²) in [5, 5.41) is 10.2. The molecular formula is C27H21ClN2O5. The maximum absolute atomic E-state index is 12.3. The Kier molecular flexibility index (Phi) is 7.24. The molecule has 0 amide bonds. The molecule has 4 rings (SSSR count). The largest absolute Gasteiger partial charge is 0.490 e. The fourth-order valence-electron chi connectivity index (χ4n) is 3.61. The number of carbonyl (C=O) groups is 1. The molecule has 0 aliphatic carbocycles. The van der Waals surface area contributed by atoms with Gasteiger partial charge >= 0.3 is 5.97 Å². The van der Waals surface area contributed by atoms with Gasteiger partial charge in [0.25, 0.3) is 0 Å². The Morgan fingerprint density at radius 1 is 1.09 bits per heavy atom. The second-order valence-corrected chi connectivity index (χ2v) is 7.95. The molecule has 7 nitrogen and oxygen atoms in total. The zero-order valence-corrected chi connectivity index (χ0v) is 19.3. The topological polar surface area (TPSA) is 104 Å². The van der Waals surface area contributed by atoms with Crippen molar-refractivity contribution >= 4 is 17.6 Å². The highest BCUT2D eigenvalue weighted by molar-refractivity contribution is 6.30. The third-order valence-corrected chi connectivity index (χ3v) is 5.39. The van der Waals surface area contributed by atoms with E-state index in [1.807, 2.05) is 24.3 Å². The molecule has 1 atom stereocenters. The van der Waals surface area contributed by atoms with E-state index in [1.165, 1.54) is 0 Å². The van der Waals surface area contributed by atoms with Gasteiger partial charge in [0.2, 0.25) is 5.88 Å². The van der Waals surface area contributed by atoms with E-state index in [-0.39, 0.29) is 23.8 Å². The van der Waals surface area contributed by atoms with Crippen molar-refractivity contribution in [3.05, 3.63) is 107 Å². The van der Waals surface area contributed by atoms with E-state index in [0.717, 1.165) is 5.56 Å². The van der Waals surface area contributed by atoms with Crippen molar-refractivity contribution in [2.24, 2.45) is 5.73 Å². The standard InChI is InChI=1S/C27H21ClN2O5/c1-2-12-32-19-8-6-17(7-9-19)26-22-11-10-21(14-24(22)35-27(30)23(26)15-29)34-25(31)16-33-20-5-3-4-18(28)13-20/h2-11,13-14,26H,1,12,16,30H2. The van der Waals surface area contributed by atoms with E-state index in [9.17, 15) is 10.1 Å². The van der Waals surface area contributed by atoms with Gasteiger partial charge in [-0.25, -0.2) is 4.79 Å². The summed E-state index contributed by atoms with van der Waals surface area (Å²) in [6, 6.07) is 21.1. The van der Waals surface area contributed by atoms with Crippen molar-refractivity contribution in [2.45, 2.75) is 5.92 Å². The highest BCUT2D eigenvalue weighted by Gasteiger charge is 2.31. The van der Waals surface area contributed by atoms with Gasteiger partial charge < -0.3 is 24.7 Å². The summed E-state index contributed by atoms with van der Waals surface area (Å²) in [5.74, 6) is 0.710. The molecule has 0 fully saturated rings. The van der Waals surface area contributed by atoms with E-state index in [4.69, 9.17) is 36.3 Å². The summed E-state index contributed by atoms with van der Waals surface area (Å²) >= 11 is 5.92. The molecule has 0 saturated heterocycles. The number of hydrogen-bond acceptors (Lipinski definition) is 7. The summed E-state index contributed by atoms with van der Waals surface area (Å²) < 4.78 is 22.0. The average molecular weight is 489 g/mol. The van der Waals surface area contributed by atoms with Crippen LogP contribution in [0.5, 0.6) is 23.0 Å². The lowest BCUT2D eigenvalue weighted by molar-refractivity contribution is -0.136. The maximum atomic E-state index is 12.3. The average Bonchev–Trinajstić information content (AvgIpc) is 2.86. The number of nitrogens with two attached hydrogens (primary N) is 1. The van der Waals surface area contributed by atoms with Gasteiger partial charge in [0, 0.05) is 16.7 Å². The van der Waals surface area contributed by atoms with Gasteiger partial charge in [-0.3, -0.25) is 0 Å². The fourth-order valence-corrected chi connectivity index (χ4v) is 3.79. The fraction of sp³-hybridized carbons (Fsp3) is 0.111. The molecular weight excluding hydrogens is 468 g/mol. The molecule has 0 aromatic heterocycles. The first-order chi connectivity index (χ1) is 17.0. The number of rotatable bonds is 8. The smallest absolute Gasteiger partial charge is 0.349 e. The SMILES string of the molecule is C=CCOc1ccc(C2C(C#N)=C(N)Oc3cc(OC(=O)COc4cccc(Cl)c4)ccc32)cc1. The molecule has 1 unspecified atom stereocenters. The van der Waals surface area contributed by atoms with Crippen LogP contribution in [0.15, 0.2) is 90.8 Å². The normalized spacial score (nSPS) is 14.2. The number of hydrogen-bond donors (Lipinski definition) is 1. The molecule has 3 aromatic carbocycles. The Morgan fingerprint density at radius 3 is 2.57 bits per heavy atom.